The zero-order chi connectivity index (χ0) is 12.1. The fraction of sp³-hybridized carbons (Fsp3) is 0.929. The fourth-order valence-corrected chi connectivity index (χ4v) is 1.54. The third-order valence-electron chi connectivity index (χ3n) is 2.60. The molecule has 0 rings (SSSR count). The molecule has 97 valence electrons. The Morgan fingerprint density at radius 1 is 0.750 bits per heavy atom. The van der Waals surface area contributed by atoms with Crippen LogP contribution in [0.15, 0.2) is 0 Å². The van der Waals surface area contributed by atoms with E-state index >= 15 is 0 Å². The zero-order valence-corrected chi connectivity index (χ0v) is 11.2. The Labute approximate surface area is 102 Å². The molecule has 0 aromatic carbocycles. The van der Waals surface area contributed by atoms with Gasteiger partial charge in [0.05, 0.1) is 0 Å². The van der Waals surface area contributed by atoms with Crippen LogP contribution in [0.25, 0.3) is 0 Å². The van der Waals surface area contributed by atoms with Crippen molar-refractivity contribution in [3.8, 4) is 0 Å². The lowest BCUT2D eigenvalue weighted by atomic mass is 10.2. The molecule has 0 saturated heterocycles. The van der Waals surface area contributed by atoms with E-state index in [0.29, 0.717) is 0 Å². The van der Waals surface area contributed by atoms with Gasteiger partial charge < -0.3 is 9.47 Å². The molecule has 0 heterocycles. The van der Waals surface area contributed by atoms with Crippen LogP contribution in [0.3, 0.4) is 0 Å². The van der Waals surface area contributed by atoms with Crippen LogP contribution in [0.4, 0.5) is 0 Å². The van der Waals surface area contributed by atoms with Crippen LogP contribution in [0.5, 0.6) is 0 Å². The van der Waals surface area contributed by atoms with Crippen LogP contribution in [-0.4, -0.2) is 19.5 Å². The number of hydrogen-bond acceptors (Lipinski definition) is 2. The molecular weight excluding hydrogens is 200 g/mol. The smallest absolute Gasteiger partial charge is 0.157 e. The van der Waals surface area contributed by atoms with Crippen molar-refractivity contribution in [1.29, 1.82) is 0 Å². The van der Waals surface area contributed by atoms with Gasteiger partial charge in [0.1, 0.15) is 0 Å². The first-order valence-corrected chi connectivity index (χ1v) is 6.87. The number of unbranched alkanes of at least 4 members (excludes halogenated alkanes) is 6. The van der Waals surface area contributed by atoms with Gasteiger partial charge in [0, 0.05) is 20.1 Å². The Kier molecular flexibility index (Phi) is 12.9. The Balaban J connectivity index is 3.09. The maximum atomic E-state index is 5.46. The van der Waals surface area contributed by atoms with Gasteiger partial charge in [-0.2, -0.15) is 0 Å². The summed E-state index contributed by atoms with van der Waals surface area (Å²) in [4.78, 5) is 0. The SMILES string of the molecule is [CH2]C(OCCCCCC)OCCCCCC. The minimum Gasteiger partial charge on any atom is -0.353 e. The molecule has 0 aliphatic rings. The minimum atomic E-state index is -0.275. The summed E-state index contributed by atoms with van der Waals surface area (Å²) in [5.41, 5.74) is 0. The summed E-state index contributed by atoms with van der Waals surface area (Å²) in [7, 11) is 0. The Bertz CT molecular complexity index is 112. The van der Waals surface area contributed by atoms with Crippen LogP contribution in [0.2, 0.25) is 0 Å². The molecule has 0 aromatic rings. The van der Waals surface area contributed by atoms with E-state index in [1.807, 2.05) is 0 Å². The molecule has 0 aliphatic heterocycles. The van der Waals surface area contributed by atoms with E-state index in [0.717, 1.165) is 26.1 Å². The van der Waals surface area contributed by atoms with E-state index in [9.17, 15) is 0 Å². The second kappa shape index (κ2) is 13.0. The van der Waals surface area contributed by atoms with Crippen molar-refractivity contribution in [2.75, 3.05) is 13.2 Å². The van der Waals surface area contributed by atoms with Crippen LogP contribution in [0, 0.1) is 6.92 Å². The van der Waals surface area contributed by atoms with Gasteiger partial charge in [-0.05, 0) is 12.8 Å². The molecular formula is C14H29O2. The average molecular weight is 229 g/mol. The number of ether oxygens (including phenoxy) is 2. The molecule has 0 spiro atoms. The first-order chi connectivity index (χ1) is 7.81. The van der Waals surface area contributed by atoms with Crippen molar-refractivity contribution in [2.45, 2.75) is 71.5 Å². The summed E-state index contributed by atoms with van der Waals surface area (Å²) >= 11 is 0. The standard InChI is InChI=1S/C14H29O2/c1-4-6-8-10-12-15-14(3)16-13-11-9-7-5-2/h14H,3-13H2,1-2H3. The van der Waals surface area contributed by atoms with Gasteiger partial charge in [-0.25, -0.2) is 0 Å². The second-order valence-electron chi connectivity index (χ2n) is 4.29. The summed E-state index contributed by atoms with van der Waals surface area (Å²) in [6.07, 6.45) is 9.59. The van der Waals surface area contributed by atoms with E-state index < -0.39 is 0 Å². The van der Waals surface area contributed by atoms with Gasteiger partial charge in [-0.3, -0.25) is 0 Å². The largest absolute Gasteiger partial charge is 0.353 e. The van der Waals surface area contributed by atoms with Crippen molar-refractivity contribution in [3.63, 3.8) is 0 Å². The average Bonchev–Trinajstić information content (AvgIpc) is 2.28. The lowest BCUT2D eigenvalue weighted by Gasteiger charge is -2.13. The maximum absolute atomic E-state index is 5.46. The molecule has 0 aromatic heterocycles. The molecule has 0 saturated carbocycles. The van der Waals surface area contributed by atoms with Crippen molar-refractivity contribution in [1.82, 2.24) is 0 Å². The van der Waals surface area contributed by atoms with Gasteiger partial charge in [0.25, 0.3) is 0 Å². The highest BCUT2D eigenvalue weighted by Gasteiger charge is 2.01. The molecule has 0 unspecified atom stereocenters. The molecule has 1 radical (unpaired) electrons. The van der Waals surface area contributed by atoms with Crippen LogP contribution < -0.4 is 0 Å². The maximum Gasteiger partial charge on any atom is 0.157 e. The highest BCUT2D eigenvalue weighted by molar-refractivity contribution is 4.48. The lowest BCUT2D eigenvalue weighted by molar-refractivity contribution is -0.115. The molecule has 0 fully saturated rings. The van der Waals surface area contributed by atoms with Crippen molar-refractivity contribution >= 4 is 0 Å². The van der Waals surface area contributed by atoms with Gasteiger partial charge >= 0.3 is 0 Å². The van der Waals surface area contributed by atoms with E-state index in [-0.39, 0.29) is 6.29 Å². The normalized spacial score (nSPS) is 11.2. The van der Waals surface area contributed by atoms with Gasteiger partial charge in [0.2, 0.25) is 0 Å². The Morgan fingerprint density at radius 3 is 1.56 bits per heavy atom. The molecule has 16 heavy (non-hydrogen) atoms. The summed E-state index contributed by atoms with van der Waals surface area (Å²) in [5, 5.41) is 0. The van der Waals surface area contributed by atoms with Crippen LogP contribution in [-0.2, 0) is 9.47 Å². The zero-order valence-electron chi connectivity index (χ0n) is 11.2. The summed E-state index contributed by atoms with van der Waals surface area (Å²) in [6, 6.07) is 0. The van der Waals surface area contributed by atoms with E-state index in [1.54, 1.807) is 0 Å². The number of hydrogen-bond donors (Lipinski definition) is 0. The van der Waals surface area contributed by atoms with E-state index in [1.165, 1.54) is 38.5 Å². The predicted molar refractivity (Wildman–Crippen MR) is 69.3 cm³/mol. The predicted octanol–water partition coefficient (Wildman–Crippen LogP) is 4.34. The van der Waals surface area contributed by atoms with Crippen molar-refractivity contribution in [3.05, 3.63) is 6.92 Å². The van der Waals surface area contributed by atoms with Gasteiger partial charge in [0.15, 0.2) is 6.29 Å². The second-order valence-corrected chi connectivity index (χ2v) is 4.29. The van der Waals surface area contributed by atoms with Crippen molar-refractivity contribution < 1.29 is 9.47 Å². The molecule has 0 N–H and O–H groups in total. The first kappa shape index (κ1) is 15.9. The highest BCUT2D eigenvalue weighted by Crippen LogP contribution is 2.03. The Morgan fingerprint density at radius 2 is 1.19 bits per heavy atom. The van der Waals surface area contributed by atoms with Crippen LogP contribution >= 0.6 is 0 Å². The molecule has 2 nitrogen and oxygen atoms in total. The Hall–Kier alpha value is -0.0800. The third kappa shape index (κ3) is 12.0. The summed E-state index contributed by atoms with van der Waals surface area (Å²) in [5.74, 6) is 0. The first-order valence-electron chi connectivity index (χ1n) is 6.87. The van der Waals surface area contributed by atoms with Crippen LogP contribution in [0.1, 0.15) is 65.2 Å². The van der Waals surface area contributed by atoms with E-state index in [4.69, 9.17) is 9.47 Å². The van der Waals surface area contributed by atoms with Crippen molar-refractivity contribution in [2.24, 2.45) is 0 Å². The summed E-state index contributed by atoms with van der Waals surface area (Å²) in [6.45, 7) is 9.82. The van der Waals surface area contributed by atoms with Gasteiger partial charge in [-0.1, -0.05) is 52.4 Å². The van der Waals surface area contributed by atoms with E-state index in [2.05, 4.69) is 20.8 Å². The minimum absolute atomic E-state index is 0.275. The third-order valence-corrected chi connectivity index (χ3v) is 2.60. The quantitative estimate of drug-likeness (QED) is 0.366. The lowest BCUT2D eigenvalue weighted by Crippen LogP contribution is -2.14. The molecule has 0 atom stereocenters. The van der Waals surface area contributed by atoms with Gasteiger partial charge in [-0.15, -0.1) is 0 Å². The monoisotopic (exact) mass is 229 g/mol. The topological polar surface area (TPSA) is 18.5 Å². The highest BCUT2D eigenvalue weighted by atomic mass is 16.7. The fourth-order valence-electron chi connectivity index (χ4n) is 1.54. The molecule has 0 bridgehead atoms. The number of rotatable bonds is 12. The molecule has 0 amide bonds. The molecule has 0 aliphatic carbocycles. The summed E-state index contributed by atoms with van der Waals surface area (Å²) < 4.78 is 10.9. The molecule has 2 heteroatoms.